The van der Waals surface area contributed by atoms with Gasteiger partial charge in [0, 0.05) is 18.6 Å². The number of halogens is 2. The number of rotatable bonds is 5. The Labute approximate surface area is 156 Å². The van der Waals surface area contributed by atoms with Gasteiger partial charge in [-0.2, -0.15) is 0 Å². The van der Waals surface area contributed by atoms with Crippen molar-refractivity contribution < 1.29 is 9.59 Å². The fourth-order valence-electron chi connectivity index (χ4n) is 2.79. The van der Waals surface area contributed by atoms with Crippen LogP contribution in [0.2, 0.25) is 10.0 Å². The zero-order valence-electron chi connectivity index (χ0n) is 13.7. The maximum Gasteiger partial charge on any atom is 0.228 e. The Bertz CT molecular complexity index is 795. The van der Waals surface area contributed by atoms with Crippen LogP contribution in [0.3, 0.4) is 0 Å². The number of nitrogens with one attached hydrogen (secondary N) is 1. The van der Waals surface area contributed by atoms with Gasteiger partial charge >= 0.3 is 0 Å². The van der Waals surface area contributed by atoms with E-state index < -0.39 is 0 Å². The summed E-state index contributed by atoms with van der Waals surface area (Å²) in [4.78, 5) is 26.5. The van der Waals surface area contributed by atoms with Gasteiger partial charge in [0.15, 0.2) is 0 Å². The number of carbonyl (C=O) groups excluding carboxylic acids is 2. The molecule has 0 bridgehead atoms. The first-order valence-corrected chi connectivity index (χ1v) is 8.76. The quantitative estimate of drug-likeness (QED) is 0.848. The van der Waals surface area contributed by atoms with Crippen molar-refractivity contribution in [3.8, 4) is 0 Å². The van der Waals surface area contributed by atoms with Crippen molar-refractivity contribution in [3.05, 3.63) is 64.1 Å². The van der Waals surface area contributed by atoms with E-state index in [4.69, 9.17) is 23.2 Å². The van der Waals surface area contributed by atoms with Crippen LogP contribution in [0.1, 0.15) is 12.0 Å². The zero-order chi connectivity index (χ0) is 18.0. The van der Waals surface area contributed by atoms with E-state index in [1.165, 1.54) is 0 Å². The first-order chi connectivity index (χ1) is 12.0. The molecule has 4 nitrogen and oxygen atoms in total. The molecule has 2 atom stereocenters. The molecule has 130 valence electrons. The van der Waals surface area contributed by atoms with E-state index in [1.54, 1.807) is 30.1 Å². The largest absolute Gasteiger partial charge is 0.341 e. The molecule has 1 aliphatic rings. The molecule has 0 aromatic heterocycles. The van der Waals surface area contributed by atoms with Crippen LogP contribution in [0.15, 0.2) is 48.5 Å². The normalized spacial score (nSPS) is 18.5. The van der Waals surface area contributed by atoms with Gasteiger partial charge in [-0.1, -0.05) is 53.5 Å². The SMILES string of the molecule is CN(Cc1ccccc1)C(=O)C1CC1C(=O)Nc1cc(Cl)ccc1Cl. The van der Waals surface area contributed by atoms with Crippen molar-refractivity contribution in [3.63, 3.8) is 0 Å². The lowest BCUT2D eigenvalue weighted by Gasteiger charge is -2.17. The van der Waals surface area contributed by atoms with E-state index in [0.29, 0.717) is 28.7 Å². The molecule has 25 heavy (non-hydrogen) atoms. The second-order valence-corrected chi connectivity index (χ2v) is 7.09. The van der Waals surface area contributed by atoms with Gasteiger partial charge in [0.1, 0.15) is 0 Å². The lowest BCUT2D eigenvalue weighted by molar-refractivity contribution is -0.133. The van der Waals surface area contributed by atoms with Gasteiger partial charge in [0.25, 0.3) is 0 Å². The van der Waals surface area contributed by atoms with Crippen LogP contribution in [0.25, 0.3) is 0 Å². The Morgan fingerprint density at radius 1 is 1.12 bits per heavy atom. The Hall–Kier alpha value is -2.04. The van der Waals surface area contributed by atoms with Crippen molar-refractivity contribution >= 4 is 40.7 Å². The van der Waals surface area contributed by atoms with Gasteiger partial charge in [-0.3, -0.25) is 9.59 Å². The molecule has 0 heterocycles. The number of carbonyl (C=O) groups is 2. The van der Waals surface area contributed by atoms with Crippen LogP contribution in [0.4, 0.5) is 5.69 Å². The van der Waals surface area contributed by atoms with E-state index in [2.05, 4.69) is 5.32 Å². The van der Waals surface area contributed by atoms with E-state index in [-0.39, 0.29) is 23.7 Å². The summed E-state index contributed by atoms with van der Waals surface area (Å²) in [6.45, 7) is 0.532. The second kappa shape index (κ2) is 7.46. The second-order valence-electron chi connectivity index (χ2n) is 6.24. The molecule has 2 amide bonds. The number of hydrogen-bond acceptors (Lipinski definition) is 2. The molecule has 1 N–H and O–H groups in total. The summed E-state index contributed by atoms with van der Waals surface area (Å²) >= 11 is 12.0. The number of anilines is 1. The highest BCUT2D eigenvalue weighted by atomic mass is 35.5. The fourth-order valence-corrected chi connectivity index (χ4v) is 3.13. The summed E-state index contributed by atoms with van der Waals surface area (Å²) in [6.07, 6.45) is 0.558. The number of amides is 2. The average molecular weight is 377 g/mol. The van der Waals surface area contributed by atoms with E-state index in [0.717, 1.165) is 5.56 Å². The molecule has 2 aromatic rings. The Kier molecular flexibility index (Phi) is 5.30. The first-order valence-electron chi connectivity index (χ1n) is 8.00. The third kappa shape index (κ3) is 4.33. The Balaban J connectivity index is 1.57. The third-order valence-corrected chi connectivity index (χ3v) is 4.83. The third-order valence-electron chi connectivity index (χ3n) is 4.27. The minimum atomic E-state index is -0.319. The highest BCUT2D eigenvalue weighted by molar-refractivity contribution is 6.35. The molecule has 2 aromatic carbocycles. The standard InChI is InChI=1S/C19H18Cl2N2O2/c1-23(11-12-5-3-2-4-6-12)19(25)15-10-14(15)18(24)22-17-9-13(20)7-8-16(17)21/h2-9,14-15H,10-11H2,1H3,(H,22,24). The average Bonchev–Trinajstić information content (AvgIpc) is 3.39. The van der Waals surface area contributed by atoms with Crippen molar-refractivity contribution in [2.24, 2.45) is 11.8 Å². The van der Waals surface area contributed by atoms with Crippen LogP contribution in [0, 0.1) is 11.8 Å². The predicted octanol–water partition coefficient (Wildman–Crippen LogP) is 4.23. The molecule has 0 radical (unpaired) electrons. The van der Waals surface area contributed by atoms with Crippen LogP contribution < -0.4 is 5.32 Å². The Morgan fingerprint density at radius 2 is 1.84 bits per heavy atom. The van der Waals surface area contributed by atoms with Crippen molar-refractivity contribution in [1.29, 1.82) is 0 Å². The molecule has 3 rings (SSSR count). The summed E-state index contributed by atoms with van der Waals surface area (Å²) < 4.78 is 0. The molecule has 0 aliphatic heterocycles. The van der Waals surface area contributed by atoms with E-state index in [9.17, 15) is 9.59 Å². The number of nitrogens with zero attached hydrogens (tertiary/aromatic N) is 1. The van der Waals surface area contributed by atoms with Crippen molar-refractivity contribution in [2.75, 3.05) is 12.4 Å². The van der Waals surface area contributed by atoms with Gasteiger partial charge in [-0.25, -0.2) is 0 Å². The topological polar surface area (TPSA) is 49.4 Å². The van der Waals surface area contributed by atoms with Gasteiger partial charge in [-0.15, -0.1) is 0 Å². The summed E-state index contributed by atoms with van der Waals surface area (Å²) in [5.41, 5.74) is 1.53. The van der Waals surface area contributed by atoms with Gasteiger partial charge in [-0.05, 0) is 30.2 Å². The molecule has 1 aliphatic carbocycles. The minimum Gasteiger partial charge on any atom is -0.341 e. The van der Waals surface area contributed by atoms with Gasteiger partial charge < -0.3 is 10.2 Å². The highest BCUT2D eigenvalue weighted by Gasteiger charge is 2.49. The van der Waals surface area contributed by atoms with Gasteiger partial charge in [0.05, 0.1) is 22.5 Å². The van der Waals surface area contributed by atoms with Gasteiger partial charge in [0.2, 0.25) is 11.8 Å². The minimum absolute atomic E-state index is 0.0128. The maximum atomic E-state index is 12.5. The molecule has 1 saturated carbocycles. The summed E-state index contributed by atoms with van der Waals surface area (Å²) in [7, 11) is 1.76. The molecule has 2 unspecified atom stereocenters. The molecule has 1 fully saturated rings. The number of benzene rings is 2. The van der Waals surface area contributed by atoms with Crippen LogP contribution >= 0.6 is 23.2 Å². The fraction of sp³-hybridized carbons (Fsp3) is 0.263. The van der Waals surface area contributed by atoms with E-state index >= 15 is 0 Å². The molecule has 0 saturated heterocycles. The first kappa shape index (κ1) is 17.8. The predicted molar refractivity (Wildman–Crippen MR) is 99.6 cm³/mol. The molecular weight excluding hydrogens is 359 g/mol. The van der Waals surface area contributed by atoms with Crippen molar-refractivity contribution in [2.45, 2.75) is 13.0 Å². The smallest absolute Gasteiger partial charge is 0.228 e. The van der Waals surface area contributed by atoms with Crippen LogP contribution in [0.5, 0.6) is 0 Å². The highest BCUT2D eigenvalue weighted by Crippen LogP contribution is 2.41. The van der Waals surface area contributed by atoms with Crippen LogP contribution in [-0.2, 0) is 16.1 Å². The maximum absolute atomic E-state index is 12.5. The molecule has 0 spiro atoms. The summed E-state index contributed by atoms with van der Waals surface area (Å²) in [5, 5.41) is 3.67. The van der Waals surface area contributed by atoms with Crippen LogP contribution in [-0.4, -0.2) is 23.8 Å². The lowest BCUT2D eigenvalue weighted by atomic mass is 10.2. The zero-order valence-corrected chi connectivity index (χ0v) is 15.2. The summed E-state index contributed by atoms with van der Waals surface area (Å²) in [5.74, 6) is -0.802. The number of hydrogen-bond donors (Lipinski definition) is 1. The van der Waals surface area contributed by atoms with Crippen molar-refractivity contribution in [1.82, 2.24) is 4.90 Å². The van der Waals surface area contributed by atoms with E-state index in [1.807, 2.05) is 30.3 Å². The lowest BCUT2D eigenvalue weighted by Crippen LogP contribution is -2.29. The molecule has 6 heteroatoms. The molecular formula is C19H18Cl2N2O2. The summed E-state index contributed by atoms with van der Waals surface area (Å²) in [6, 6.07) is 14.6. The monoisotopic (exact) mass is 376 g/mol. The Morgan fingerprint density at radius 3 is 2.56 bits per heavy atom.